The third-order valence-electron chi connectivity index (χ3n) is 7.16. The van der Waals surface area contributed by atoms with Crippen molar-refractivity contribution in [1.82, 2.24) is 30.0 Å². The minimum Gasteiger partial charge on any atom is -0.323 e. The highest BCUT2D eigenvalue weighted by Gasteiger charge is 2.25. The molecule has 34 heavy (non-hydrogen) atoms. The number of pyridine rings is 2. The first kappa shape index (κ1) is 21.2. The van der Waals surface area contributed by atoms with Crippen LogP contribution in [0.2, 0.25) is 0 Å². The Morgan fingerprint density at radius 3 is 2.74 bits per heavy atom. The second-order valence-corrected chi connectivity index (χ2v) is 9.31. The minimum atomic E-state index is -0.249. The van der Waals surface area contributed by atoms with E-state index in [0.29, 0.717) is 11.4 Å². The quantitative estimate of drug-likeness (QED) is 0.481. The maximum Gasteiger partial charge on any atom is 0.153 e. The Morgan fingerprint density at radius 1 is 0.941 bits per heavy atom. The normalized spacial score (nSPS) is 18.0. The van der Waals surface area contributed by atoms with E-state index < -0.39 is 0 Å². The molecule has 7 nitrogen and oxygen atoms in total. The van der Waals surface area contributed by atoms with Crippen molar-refractivity contribution in [3.05, 3.63) is 65.5 Å². The summed E-state index contributed by atoms with van der Waals surface area (Å²) >= 11 is 0. The highest BCUT2D eigenvalue weighted by atomic mass is 19.1. The first-order valence-corrected chi connectivity index (χ1v) is 11.8. The minimum absolute atomic E-state index is 0.249. The van der Waals surface area contributed by atoms with Gasteiger partial charge in [-0.25, -0.2) is 9.37 Å². The fraction of sp³-hybridized carbons (Fsp3) is 0.346. The molecule has 2 aliphatic rings. The predicted octanol–water partition coefficient (Wildman–Crippen LogP) is 4.07. The topological polar surface area (TPSA) is 70.9 Å². The fourth-order valence-electron chi connectivity index (χ4n) is 5.22. The van der Waals surface area contributed by atoms with Gasteiger partial charge in [-0.1, -0.05) is 0 Å². The third kappa shape index (κ3) is 3.73. The molecule has 6 rings (SSSR count). The van der Waals surface area contributed by atoms with Gasteiger partial charge >= 0.3 is 0 Å². The predicted molar refractivity (Wildman–Crippen MR) is 132 cm³/mol. The molecule has 0 saturated heterocycles. The van der Waals surface area contributed by atoms with Crippen LogP contribution in [0.1, 0.15) is 29.3 Å². The summed E-state index contributed by atoms with van der Waals surface area (Å²) < 4.78 is 17.3. The van der Waals surface area contributed by atoms with E-state index in [-0.39, 0.29) is 11.9 Å². The molecule has 0 radical (unpaired) electrons. The summed E-state index contributed by atoms with van der Waals surface area (Å²) in [6, 6.07) is 7.82. The summed E-state index contributed by atoms with van der Waals surface area (Å²) in [6.07, 6.45) is 8.30. The zero-order valence-corrected chi connectivity index (χ0v) is 19.5. The lowest BCUT2D eigenvalue weighted by molar-refractivity contribution is 0.337. The van der Waals surface area contributed by atoms with Crippen molar-refractivity contribution in [2.75, 3.05) is 32.5 Å². The number of hydrogen-bond donors (Lipinski definition) is 2. The van der Waals surface area contributed by atoms with Gasteiger partial charge in [0.1, 0.15) is 11.6 Å². The lowest BCUT2D eigenvalue weighted by Crippen LogP contribution is -2.21. The van der Waals surface area contributed by atoms with Crippen molar-refractivity contribution in [2.24, 2.45) is 0 Å². The Labute approximate surface area is 198 Å². The van der Waals surface area contributed by atoms with Crippen molar-refractivity contribution in [1.29, 1.82) is 0 Å². The van der Waals surface area contributed by atoms with Gasteiger partial charge in [0.05, 0.1) is 6.54 Å². The molecule has 1 aromatic carbocycles. The largest absolute Gasteiger partial charge is 0.323 e. The zero-order chi connectivity index (χ0) is 23.2. The van der Waals surface area contributed by atoms with E-state index in [1.165, 1.54) is 16.8 Å². The van der Waals surface area contributed by atoms with Gasteiger partial charge in [0.15, 0.2) is 5.82 Å². The Bertz CT molecular complexity index is 1350. The summed E-state index contributed by atoms with van der Waals surface area (Å²) in [7, 11) is 4.10. The van der Waals surface area contributed by atoms with Gasteiger partial charge in [0.2, 0.25) is 0 Å². The number of nitrogens with zero attached hydrogens (tertiary/aromatic N) is 5. The van der Waals surface area contributed by atoms with Gasteiger partial charge in [-0.05, 0) is 61.6 Å². The molecule has 0 fully saturated rings. The van der Waals surface area contributed by atoms with Crippen LogP contribution >= 0.6 is 0 Å². The Hall–Kier alpha value is -3.36. The summed E-state index contributed by atoms with van der Waals surface area (Å²) in [4.78, 5) is 11.2. The van der Waals surface area contributed by atoms with Crippen LogP contribution in [0.3, 0.4) is 0 Å². The molecular weight excluding hydrogens is 429 g/mol. The van der Waals surface area contributed by atoms with Crippen LogP contribution in [-0.2, 0) is 19.4 Å². The number of aromatic nitrogens is 4. The molecule has 4 aromatic rings. The number of rotatable bonds is 4. The average molecular weight is 458 g/mol. The Kier molecular flexibility index (Phi) is 5.27. The summed E-state index contributed by atoms with van der Waals surface area (Å²) in [6.45, 7) is 2.90. The number of benzene rings is 1. The monoisotopic (exact) mass is 457 g/mol. The highest BCUT2D eigenvalue weighted by Crippen LogP contribution is 2.38. The molecule has 0 bridgehead atoms. The first-order valence-electron chi connectivity index (χ1n) is 11.8. The van der Waals surface area contributed by atoms with Gasteiger partial charge in [-0.3, -0.25) is 9.67 Å². The molecule has 0 amide bonds. The highest BCUT2D eigenvalue weighted by molar-refractivity contribution is 5.89. The van der Waals surface area contributed by atoms with Crippen molar-refractivity contribution in [3.63, 3.8) is 0 Å². The van der Waals surface area contributed by atoms with Crippen LogP contribution in [0, 0.1) is 5.82 Å². The molecular formula is C26H28FN7. The smallest absolute Gasteiger partial charge is 0.153 e. The maximum atomic E-state index is 15.2. The van der Waals surface area contributed by atoms with E-state index in [4.69, 9.17) is 5.10 Å². The molecule has 0 spiro atoms. The molecule has 8 heteroatoms. The Morgan fingerprint density at radius 2 is 1.85 bits per heavy atom. The van der Waals surface area contributed by atoms with E-state index in [1.807, 2.05) is 25.4 Å². The van der Waals surface area contributed by atoms with Crippen LogP contribution in [-0.4, -0.2) is 51.8 Å². The van der Waals surface area contributed by atoms with E-state index in [1.54, 1.807) is 18.5 Å². The number of nitrogens with one attached hydrogen (secondary N) is 2. The summed E-state index contributed by atoms with van der Waals surface area (Å²) in [5.41, 5.74) is 5.04. The van der Waals surface area contributed by atoms with Gasteiger partial charge in [-0.2, -0.15) is 5.10 Å². The second kappa shape index (κ2) is 8.45. The van der Waals surface area contributed by atoms with Crippen LogP contribution in [0.15, 0.2) is 42.9 Å². The second-order valence-electron chi connectivity index (χ2n) is 9.31. The molecule has 1 unspecified atom stereocenters. The van der Waals surface area contributed by atoms with Crippen molar-refractivity contribution < 1.29 is 4.39 Å². The maximum absolute atomic E-state index is 15.2. The van der Waals surface area contributed by atoms with Gasteiger partial charge in [0, 0.05) is 72.4 Å². The van der Waals surface area contributed by atoms with Crippen LogP contribution < -0.4 is 10.6 Å². The third-order valence-corrected chi connectivity index (χ3v) is 7.16. The van der Waals surface area contributed by atoms with Crippen molar-refractivity contribution in [2.45, 2.75) is 31.8 Å². The van der Waals surface area contributed by atoms with E-state index in [0.717, 1.165) is 61.1 Å². The van der Waals surface area contributed by atoms with Crippen molar-refractivity contribution in [3.8, 4) is 11.1 Å². The van der Waals surface area contributed by atoms with Crippen LogP contribution in [0.25, 0.3) is 21.9 Å². The lowest BCUT2D eigenvalue weighted by atomic mass is 9.97. The molecule has 3 aromatic heterocycles. The van der Waals surface area contributed by atoms with Crippen molar-refractivity contribution >= 4 is 22.4 Å². The van der Waals surface area contributed by atoms with Crippen LogP contribution in [0.4, 0.5) is 16.0 Å². The molecule has 0 saturated carbocycles. The Balaban J connectivity index is 1.34. The van der Waals surface area contributed by atoms with E-state index in [9.17, 15) is 0 Å². The summed E-state index contributed by atoms with van der Waals surface area (Å²) in [5, 5.41) is 13.1. The molecule has 1 atom stereocenters. The van der Waals surface area contributed by atoms with Gasteiger partial charge in [-0.15, -0.1) is 0 Å². The molecule has 4 heterocycles. The summed E-state index contributed by atoms with van der Waals surface area (Å²) in [5.74, 6) is 1.24. The standard InChI is InChI=1S/C26H28FN7/c1-28-24-4-3-19-21(14-29-15-22(19)24)20-9-16-11-25(30-13-17(16)10-23(20)27)31-26-12-18-5-6-33(2)7-8-34(18)32-26/h9-15,24,28H,3-8H2,1-2H3,(H,30,31,32). The molecule has 1 aliphatic heterocycles. The molecule has 2 N–H and O–H groups in total. The first-order chi connectivity index (χ1) is 16.6. The number of hydrogen-bond acceptors (Lipinski definition) is 6. The van der Waals surface area contributed by atoms with E-state index in [2.05, 4.69) is 43.3 Å². The van der Waals surface area contributed by atoms with Crippen LogP contribution in [0.5, 0.6) is 0 Å². The van der Waals surface area contributed by atoms with Gasteiger partial charge < -0.3 is 15.5 Å². The molecule has 1 aliphatic carbocycles. The zero-order valence-electron chi connectivity index (χ0n) is 19.5. The number of anilines is 2. The number of fused-ring (bicyclic) bond motifs is 3. The SMILES string of the molecule is CNC1CCc2c(-c3cc4cc(Nc5cc6n(n5)CCN(C)CC6)ncc4cc3F)cncc21. The van der Waals surface area contributed by atoms with Gasteiger partial charge in [0.25, 0.3) is 0 Å². The lowest BCUT2D eigenvalue weighted by Gasteiger charge is -2.13. The fourth-order valence-corrected chi connectivity index (χ4v) is 5.22. The van der Waals surface area contributed by atoms with E-state index >= 15 is 4.39 Å². The molecule has 174 valence electrons. The number of likely N-dealkylation sites (N-methyl/N-ethyl adjacent to an activating group) is 1. The number of halogens is 1. The average Bonchev–Trinajstić information content (AvgIpc) is 3.40.